The van der Waals surface area contributed by atoms with Gasteiger partial charge in [0.05, 0.1) is 0 Å². The van der Waals surface area contributed by atoms with E-state index in [1.807, 2.05) is 39.8 Å². The first-order chi connectivity index (χ1) is 8.81. The fourth-order valence-corrected chi connectivity index (χ4v) is 1.49. The maximum atomic E-state index is 11.6. The van der Waals surface area contributed by atoms with E-state index in [9.17, 15) is 9.59 Å². The average molecular weight is 261 g/mol. The van der Waals surface area contributed by atoms with Crippen LogP contribution in [-0.2, 0) is 9.53 Å². The van der Waals surface area contributed by atoms with Crippen molar-refractivity contribution in [2.75, 3.05) is 5.32 Å². The lowest BCUT2D eigenvalue weighted by Crippen LogP contribution is -2.27. The van der Waals surface area contributed by atoms with Crippen molar-refractivity contribution in [3.05, 3.63) is 35.4 Å². The van der Waals surface area contributed by atoms with Crippen LogP contribution in [0.25, 0.3) is 6.08 Å². The Bertz CT molecular complexity index is 499. The van der Waals surface area contributed by atoms with Crippen molar-refractivity contribution >= 4 is 24.1 Å². The summed E-state index contributed by atoms with van der Waals surface area (Å²) < 4.78 is 5.18. The summed E-state index contributed by atoms with van der Waals surface area (Å²) in [6.07, 6.45) is 3.38. The molecule has 0 fully saturated rings. The van der Waals surface area contributed by atoms with Gasteiger partial charge in [-0.3, -0.25) is 10.1 Å². The first-order valence-electron chi connectivity index (χ1n) is 6.04. The predicted molar refractivity (Wildman–Crippen MR) is 76.1 cm³/mol. The molecule has 0 radical (unpaired) electrons. The summed E-state index contributed by atoms with van der Waals surface area (Å²) in [5.41, 5.74) is 1.97. The third-order valence-corrected chi connectivity index (χ3v) is 2.25. The Kier molecular flexibility index (Phi) is 4.87. The summed E-state index contributed by atoms with van der Waals surface area (Å²) >= 11 is 0. The molecule has 0 saturated heterocycles. The minimum absolute atomic E-state index is 0.480. The molecule has 1 rings (SSSR count). The fourth-order valence-electron chi connectivity index (χ4n) is 1.49. The second-order valence-electron chi connectivity index (χ2n) is 5.20. The number of aldehydes is 1. The van der Waals surface area contributed by atoms with Gasteiger partial charge in [-0.05, 0) is 57.0 Å². The van der Waals surface area contributed by atoms with Crippen LogP contribution in [0.3, 0.4) is 0 Å². The number of carbonyl (C=O) groups excluding carboxylic acids is 2. The Morgan fingerprint density at radius 1 is 1.32 bits per heavy atom. The monoisotopic (exact) mass is 261 g/mol. The van der Waals surface area contributed by atoms with E-state index in [0.29, 0.717) is 5.69 Å². The molecule has 1 aromatic rings. The summed E-state index contributed by atoms with van der Waals surface area (Å²) in [5, 5.41) is 2.70. The van der Waals surface area contributed by atoms with Crippen LogP contribution in [0.1, 0.15) is 31.9 Å². The lowest BCUT2D eigenvalue weighted by atomic mass is 10.1. The van der Waals surface area contributed by atoms with Gasteiger partial charge in [-0.15, -0.1) is 0 Å². The molecule has 1 amide bonds. The Morgan fingerprint density at radius 2 is 2.00 bits per heavy atom. The van der Waals surface area contributed by atoms with Gasteiger partial charge in [0.2, 0.25) is 0 Å². The summed E-state index contributed by atoms with van der Waals surface area (Å²) in [6.45, 7) is 7.32. The number of ether oxygens (including phenoxy) is 1. The van der Waals surface area contributed by atoms with E-state index in [-0.39, 0.29) is 0 Å². The van der Waals surface area contributed by atoms with Gasteiger partial charge in [-0.2, -0.15) is 0 Å². The van der Waals surface area contributed by atoms with Crippen molar-refractivity contribution in [3.63, 3.8) is 0 Å². The molecule has 4 nitrogen and oxygen atoms in total. The quantitative estimate of drug-likeness (QED) is 0.668. The SMILES string of the molecule is Cc1cc(/C=C/C=O)ccc1NC(=O)OC(C)(C)C. The highest BCUT2D eigenvalue weighted by atomic mass is 16.6. The molecule has 0 aliphatic heterocycles. The molecule has 0 spiro atoms. The molecule has 0 heterocycles. The van der Waals surface area contributed by atoms with Gasteiger partial charge in [-0.25, -0.2) is 4.79 Å². The highest BCUT2D eigenvalue weighted by molar-refractivity contribution is 5.86. The van der Waals surface area contributed by atoms with Gasteiger partial charge in [0.15, 0.2) is 0 Å². The van der Waals surface area contributed by atoms with Crippen LogP contribution in [0.5, 0.6) is 0 Å². The maximum absolute atomic E-state index is 11.6. The standard InChI is InChI=1S/C15H19NO3/c1-11-10-12(6-5-9-17)7-8-13(11)16-14(18)19-15(2,3)4/h5-10H,1-4H3,(H,16,18)/b6-5+. The number of anilines is 1. The molecule has 0 aliphatic carbocycles. The Hall–Kier alpha value is -2.10. The van der Waals surface area contributed by atoms with Crippen LogP contribution < -0.4 is 5.32 Å². The molecule has 0 atom stereocenters. The van der Waals surface area contributed by atoms with Crippen LogP contribution in [0.4, 0.5) is 10.5 Å². The number of hydrogen-bond acceptors (Lipinski definition) is 3. The molecular weight excluding hydrogens is 242 g/mol. The molecule has 0 bridgehead atoms. The molecule has 0 unspecified atom stereocenters. The summed E-state index contributed by atoms with van der Waals surface area (Å²) in [4.78, 5) is 21.9. The Morgan fingerprint density at radius 3 is 2.53 bits per heavy atom. The van der Waals surface area contributed by atoms with Crippen molar-refractivity contribution < 1.29 is 14.3 Å². The smallest absolute Gasteiger partial charge is 0.412 e. The zero-order valence-corrected chi connectivity index (χ0v) is 11.7. The third-order valence-electron chi connectivity index (χ3n) is 2.25. The van der Waals surface area contributed by atoms with Gasteiger partial charge in [-0.1, -0.05) is 12.1 Å². The number of aryl methyl sites for hydroxylation is 1. The first-order valence-corrected chi connectivity index (χ1v) is 6.04. The molecule has 0 aliphatic rings. The molecular formula is C15H19NO3. The van der Waals surface area contributed by atoms with Crippen LogP contribution in [0.15, 0.2) is 24.3 Å². The third kappa shape index (κ3) is 5.38. The Labute approximate surface area is 113 Å². The second-order valence-corrected chi connectivity index (χ2v) is 5.20. The van der Waals surface area contributed by atoms with E-state index in [4.69, 9.17) is 4.74 Å². The first kappa shape index (κ1) is 15.0. The maximum Gasteiger partial charge on any atom is 0.412 e. The Balaban J connectivity index is 2.77. The minimum Gasteiger partial charge on any atom is -0.444 e. The van der Waals surface area contributed by atoms with Crippen molar-refractivity contribution in [1.29, 1.82) is 0 Å². The summed E-state index contributed by atoms with van der Waals surface area (Å²) in [6, 6.07) is 5.48. The van der Waals surface area contributed by atoms with E-state index in [0.717, 1.165) is 17.4 Å². The predicted octanol–water partition coefficient (Wildman–Crippen LogP) is 3.55. The van der Waals surface area contributed by atoms with Crippen LogP contribution >= 0.6 is 0 Å². The van der Waals surface area contributed by atoms with Gasteiger partial charge in [0, 0.05) is 5.69 Å². The van der Waals surface area contributed by atoms with Crippen LogP contribution in [0, 0.1) is 6.92 Å². The number of benzene rings is 1. The zero-order valence-electron chi connectivity index (χ0n) is 11.7. The number of amides is 1. The number of carbonyl (C=O) groups is 2. The van der Waals surface area contributed by atoms with Crippen molar-refractivity contribution in [2.45, 2.75) is 33.3 Å². The molecule has 1 N–H and O–H groups in total. The van der Waals surface area contributed by atoms with E-state index in [2.05, 4.69) is 5.32 Å². The lowest BCUT2D eigenvalue weighted by molar-refractivity contribution is -0.104. The number of rotatable bonds is 3. The van der Waals surface area contributed by atoms with Gasteiger partial charge < -0.3 is 4.74 Å². The van der Waals surface area contributed by atoms with Crippen LogP contribution in [-0.4, -0.2) is 18.0 Å². The largest absolute Gasteiger partial charge is 0.444 e. The summed E-state index contributed by atoms with van der Waals surface area (Å²) in [7, 11) is 0. The molecule has 0 aromatic heterocycles. The van der Waals surface area contributed by atoms with Crippen LogP contribution in [0.2, 0.25) is 0 Å². The molecule has 0 saturated carbocycles. The second kappa shape index (κ2) is 6.18. The molecule has 19 heavy (non-hydrogen) atoms. The van der Waals surface area contributed by atoms with Gasteiger partial charge in [0.1, 0.15) is 11.9 Å². The zero-order chi connectivity index (χ0) is 14.5. The molecule has 1 aromatic carbocycles. The topological polar surface area (TPSA) is 55.4 Å². The number of nitrogens with one attached hydrogen (secondary N) is 1. The molecule has 4 heteroatoms. The highest BCUT2D eigenvalue weighted by Gasteiger charge is 2.16. The van der Waals surface area contributed by atoms with E-state index in [1.54, 1.807) is 12.1 Å². The highest BCUT2D eigenvalue weighted by Crippen LogP contribution is 2.18. The van der Waals surface area contributed by atoms with Crippen molar-refractivity contribution in [3.8, 4) is 0 Å². The minimum atomic E-state index is -0.523. The number of hydrogen-bond donors (Lipinski definition) is 1. The number of allylic oxidation sites excluding steroid dienone is 1. The van der Waals surface area contributed by atoms with Gasteiger partial charge in [0.25, 0.3) is 0 Å². The van der Waals surface area contributed by atoms with Crippen molar-refractivity contribution in [1.82, 2.24) is 0 Å². The normalized spacial score (nSPS) is 11.4. The van der Waals surface area contributed by atoms with Crippen molar-refractivity contribution in [2.24, 2.45) is 0 Å². The van der Waals surface area contributed by atoms with E-state index < -0.39 is 11.7 Å². The fraction of sp³-hybridized carbons (Fsp3) is 0.333. The van der Waals surface area contributed by atoms with E-state index in [1.165, 1.54) is 6.08 Å². The lowest BCUT2D eigenvalue weighted by Gasteiger charge is -2.20. The molecule has 102 valence electrons. The van der Waals surface area contributed by atoms with E-state index >= 15 is 0 Å². The van der Waals surface area contributed by atoms with Gasteiger partial charge >= 0.3 is 6.09 Å². The average Bonchev–Trinajstić information content (AvgIpc) is 2.27. The summed E-state index contributed by atoms with van der Waals surface area (Å²) in [5.74, 6) is 0.